The van der Waals surface area contributed by atoms with Crippen molar-refractivity contribution in [2.45, 2.75) is 19.9 Å². The van der Waals surface area contributed by atoms with Gasteiger partial charge in [-0.05, 0) is 19.9 Å². The summed E-state index contributed by atoms with van der Waals surface area (Å²) in [6.07, 6.45) is 5.64. The van der Waals surface area contributed by atoms with Crippen LogP contribution < -0.4 is 0 Å². The van der Waals surface area contributed by atoms with Crippen LogP contribution in [0, 0.1) is 6.92 Å². The lowest BCUT2D eigenvalue weighted by Gasteiger charge is -2.24. The van der Waals surface area contributed by atoms with Crippen LogP contribution in [0.4, 0.5) is 0 Å². The van der Waals surface area contributed by atoms with Crippen molar-refractivity contribution in [2.24, 2.45) is 14.1 Å². The van der Waals surface area contributed by atoms with Gasteiger partial charge in [0.05, 0.1) is 17.8 Å². The molecule has 2 aromatic rings. The zero-order valence-corrected chi connectivity index (χ0v) is 12.1. The van der Waals surface area contributed by atoms with Gasteiger partial charge in [0.1, 0.15) is 0 Å². The lowest BCUT2D eigenvalue weighted by atomic mass is 10.1. The standard InChI is InChI=1S/C14H20N4O/c1-10(12-8-15-17(4)9-12)18(5)14(19)13-6-7-16(3)11(13)2/h6-10H,1-5H3. The second-order valence-corrected chi connectivity index (χ2v) is 4.97. The van der Waals surface area contributed by atoms with E-state index in [1.165, 1.54) is 0 Å². The van der Waals surface area contributed by atoms with E-state index < -0.39 is 0 Å². The van der Waals surface area contributed by atoms with E-state index in [4.69, 9.17) is 0 Å². The van der Waals surface area contributed by atoms with Gasteiger partial charge in [0.15, 0.2) is 0 Å². The van der Waals surface area contributed by atoms with Crippen LogP contribution in [0.2, 0.25) is 0 Å². The van der Waals surface area contributed by atoms with Crippen LogP contribution in [0.1, 0.15) is 34.6 Å². The predicted octanol–water partition coefficient (Wildman–Crippen LogP) is 1.90. The summed E-state index contributed by atoms with van der Waals surface area (Å²) >= 11 is 0. The van der Waals surface area contributed by atoms with Crippen LogP contribution >= 0.6 is 0 Å². The van der Waals surface area contributed by atoms with Crippen molar-refractivity contribution < 1.29 is 4.79 Å². The lowest BCUT2D eigenvalue weighted by Crippen LogP contribution is -2.29. The van der Waals surface area contributed by atoms with E-state index in [0.717, 1.165) is 16.8 Å². The summed E-state index contributed by atoms with van der Waals surface area (Å²) in [6.45, 7) is 3.96. The minimum absolute atomic E-state index is 0.000746. The number of rotatable bonds is 3. The van der Waals surface area contributed by atoms with E-state index in [1.54, 1.807) is 15.8 Å². The molecule has 0 aliphatic heterocycles. The molecule has 2 heterocycles. The Morgan fingerprint density at radius 1 is 1.42 bits per heavy atom. The number of hydrogen-bond acceptors (Lipinski definition) is 2. The Hall–Kier alpha value is -2.04. The van der Waals surface area contributed by atoms with Gasteiger partial charge in [0.25, 0.3) is 5.91 Å². The Morgan fingerprint density at radius 3 is 2.58 bits per heavy atom. The Labute approximate surface area is 113 Å². The van der Waals surface area contributed by atoms with Crippen molar-refractivity contribution in [2.75, 3.05) is 7.05 Å². The van der Waals surface area contributed by atoms with Crippen LogP contribution in [0.15, 0.2) is 24.7 Å². The van der Waals surface area contributed by atoms with E-state index in [-0.39, 0.29) is 11.9 Å². The van der Waals surface area contributed by atoms with Crippen molar-refractivity contribution in [3.63, 3.8) is 0 Å². The van der Waals surface area contributed by atoms with Gasteiger partial charge in [0.2, 0.25) is 0 Å². The van der Waals surface area contributed by atoms with E-state index in [2.05, 4.69) is 5.10 Å². The normalized spacial score (nSPS) is 12.5. The first kappa shape index (κ1) is 13.4. The van der Waals surface area contributed by atoms with E-state index in [1.807, 2.05) is 58.0 Å². The first-order valence-corrected chi connectivity index (χ1v) is 6.29. The SMILES string of the molecule is Cc1c(C(=O)N(C)C(C)c2cnn(C)c2)ccn1C. The molecule has 1 unspecified atom stereocenters. The number of nitrogens with zero attached hydrogens (tertiary/aromatic N) is 4. The molecule has 1 amide bonds. The fourth-order valence-electron chi connectivity index (χ4n) is 2.08. The number of carbonyl (C=O) groups excluding carboxylic acids is 1. The molecule has 0 bridgehead atoms. The van der Waals surface area contributed by atoms with Gasteiger partial charge in [-0.3, -0.25) is 9.48 Å². The molecular weight excluding hydrogens is 240 g/mol. The maximum atomic E-state index is 12.5. The molecule has 102 valence electrons. The van der Waals surface area contributed by atoms with Gasteiger partial charge in [-0.2, -0.15) is 5.10 Å². The summed E-state index contributed by atoms with van der Waals surface area (Å²) in [5.74, 6) is 0.0365. The van der Waals surface area contributed by atoms with Crippen LogP contribution in [0.3, 0.4) is 0 Å². The van der Waals surface area contributed by atoms with Crippen LogP contribution in [-0.4, -0.2) is 32.2 Å². The molecule has 5 nitrogen and oxygen atoms in total. The van der Waals surface area contributed by atoms with Crippen molar-refractivity contribution in [1.29, 1.82) is 0 Å². The summed E-state index contributed by atoms with van der Waals surface area (Å²) in [7, 11) is 5.64. The number of hydrogen-bond donors (Lipinski definition) is 0. The molecular formula is C14H20N4O. The van der Waals surface area contributed by atoms with Crippen molar-refractivity contribution in [3.8, 4) is 0 Å². The molecule has 0 aromatic carbocycles. The molecule has 0 fully saturated rings. The molecule has 2 rings (SSSR count). The largest absolute Gasteiger partial charge is 0.354 e. The molecule has 0 aliphatic rings. The highest BCUT2D eigenvalue weighted by Gasteiger charge is 2.22. The number of amides is 1. The summed E-state index contributed by atoms with van der Waals surface area (Å²) in [5.41, 5.74) is 2.77. The monoisotopic (exact) mass is 260 g/mol. The Morgan fingerprint density at radius 2 is 2.11 bits per heavy atom. The van der Waals surface area contributed by atoms with Crippen molar-refractivity contribution in [1.82, 2.24) is 19.2 Å². The minimum atomic E-state index is 0.000746. The molecule has 0 aliphatic carbocycles. The fourth-order valence-corrected chi connectivity index (χ4v) is 2.08. The molecule has 0 spiro atoms. The molecule has 1 atom stereocenters. The Balaban J connectivity index is 2.22. The molecule has 0 radical (unpaired) electrons. The van der Waals surface area contributed by atoms with Gasteiger partial charge in [-0.1, -0.05) is 0 Å². The molecule has 19 heavy (non-hydrogen) atoms. The van der Waals surface area contributed by atoms with Crippen LogP contribution in [-0.2, 0) is 14.1 Å². The van der Waals surface area contributed by atoms with E-state index >= 15 is 0 Å². The molecule has 0 N–H and O–H groups in total. The summed E-state index contributed by atoms with van der Waals surface area (Å²) < 4.78 is 3.70. The topological polar surface area (TPSA) is 43.1 Å². The number of carbonyl (C=O) groups is 1. The number of aryl methyl sites for hydroxylation is 2. The maximum Gasteiger partial charge on any atom is 0.255 e. The Kier molecular flexibility index (Phi) is 3.46. The highest BCUT2D eigenvalue weighted by molar-refractivity contribution is 5.95. The zero-order valence-electron chi connectivity index (χ0n) is 12.1. The van der Waals surface area contributed by atoms with Gasteiger partial charge >= 0.3 is 0 Å². The van der Waals surface area contributed by atoms with Crippen molar-refractivity contribution in [3.05, 3.63) is 41.5 Å². The minimum Gasteiger partial charge on any atom is -0.354 e. The average Bonchev–Trinajstić information content (AvgIpc) is 2.95. The molecule has 5 heteroatoms. The third-order valence-electron chi connectivity index (χ3n) is 3.72. The second-order valence-electron chi connectivity index (χ2n) is 4.97. The first-order valence-electron chi connectivity index (χ1n) is 6.29. The smallest absolute Gasteiger partial charge is 0.255 e. The third-order valence-corrected chi connectivity index (χ3v) is 3.72. The fraction of sp³-hybridized carbons (Fsp3) is 0.429. The summed E-state index contributed by atoms with van der Waals surface area (Å²) in [6, 6.07) is 1.87. The number of aromatic nitrogens is 3. The second kappa shape index (κ2) is 4.91. The maximum absolute atomic E-state index is 12.5. The first-order chi connectivity index (χ1) is 8.91. The highest BCUT2D eigenvalue weighted by Crippen LogP contribution is 2.21. The Bertz CT molecular complexity index is 596. The third kappa shape index (κ3) is 2.41. The zero-order chi connectivity index (χ0) is 14.2. The lowest BCUT2D eigenvalue weighted by molar-refractivity contribution is 0.0742. The average molecular weight is 260 g/mol. The molecule has 0 saturated carbocycles. The van der Waals surface area contributed by atoms with Crippen LogP contribution in [0.5, 0.6) is 0 Å². The van der Waals surface area contributed by atoms with E-state index in [9.17, 15) is 4.79 Å². The van der Waals surface area contributed by atoms with Gasteiger partial charge in [0, 0.05) is 44.8 Å². The molecule has 2 aromatic heterocycles. The van der Waals surface area contributed by atoms with E-state index in [0.29, 0.717) is 0 Å². The van der Waals surface area contributed by atoms with Crippen LogP contribution in [0.25, 0.3) is 0 Å². The summed E-state index contributed by atoms with van der Waals surface area (Å²) in [4.78, 5) is 14.2. The van der Waals surface area contributed by atoms with Gasteiger partial charge < -0.3 is 9.47 Å². The summed E-state index contributed by atoms with van der Waals surface area (Å²) in [5, 5.41) is 4.15. The predicted molar refractivity (Wildman–Crippen MR) is 73.9 cm³/mol. The highest BCUT2D eigenvalue weighted by atomic mass is 16.2. The quantitative estimate of drug-likeness (QED) is 0.846. The van der Waals surface area contributed by atoms with Gasteiger partial charge in [-0.15, -0.1) is 0 Å². The molecule has 0 saturated heterocycles. The van der Waals surface area contributed by atoms with Crippen molar-refractivity contribution >= 4 is 5.91 Å². The van der Waals surface area contributed by atoms with Gasteiger partial charge in [-0.25, -0.2) is 0 Å².